The number of carbonyl (C=O) groups is 1. The quantitative estimate of drug-likeness (QED) is 0.430. The minimum atomic E-state index is -0.373. The second-order valence-electron chi connectivity index (χ2n) is 9.53. The zero-order chi connectivity index (χ0) is 27.4. The number of hydrogen-bond donors (Lipinski definition) is 0. The van der Waals surface area contributed by atoms with Gasteiger partial charge in [-0.05, 0) is 42.5 Å². The van der Waals surface area contributed by atoms with Gasteiger partial charge in [-0.1, -0.05) is 24.3 Å². The van der Waals surface area contributed by atoms with Gasteiger partial charge in [0.1, 0.15) is 23.1 Å². The summed E-state index contributed by atoms with van der Waals surface area (Å²) in [6.45, 7) is 2.76. The highest BCUT2D eigenvalue weighted by atomic mass is 19.1. The molecule has 0 unspecified atom stereocenters. The first-order valence-electron chi connectivity index (χ1n) is 13.0. The van der Waals surface area contributed by atoms with Crippen molar-refractivity contribution in [1.29, 1.82) is 0 Å². The molecule has 3 aromatic carbocycles. The first-order chi connectivity index (χ1) is 19.0. The number of rotatable bonds is 8. The minimum absolute atomic E-state index is 0.117. The van der Waals surface area contributed by atoms with Crippen molar-refractivity contribution in [3.63, 3.8) is 0 Å². The van der Waals surface area contributed by atoms with Gasteiger partial charge in [0, 0.05) is 43.7 Å². The summed E-state index contributed by atoms with van der Waals surface area (Å²) in [7, 11) is 4.85. The number of halogens is 1. The third-order valence-electron chi connectivity index (χ3n) is 7.30. The molecule has 2 heterocycles. The number of piperazine rings is 1. The van der Waals surface area contributed by atoms with Crippen LogP contribution in [0.15, 0.2) is 71.8 Å². The molecule has 1 amide bonds. The lowest BCUT2D eigenvalue weighted by atomic mass is 9.97. The van der Waals surface area contributed by atoms with Crippen molar-refractivity contribution in [1.82, 2.24) is 9.91 Å². The summed E-state index contributed by atoms with van der Waals surface area (Å²) in [5, 5.41) is 6.40. The third kappa shape index (κ3) is 5.54. The number of hydrazone groups is 1. The van der Waals surface area contributed by atoms with Crippen LogP contribution in [0.1, 0.15) is 23.6 Å². The van der Waals surface area contributed by atoms with Gasteiger partial charge in [0.25, 0.3) is 5.91 Å². The Morgan fingerprint density at radius 1 is 0.897 bits per heavy atom. The van der Waals surface area contributed by atoms with Gasteiger partial charge >= 0.3 is 0 Å². The lowest BCUT2D eigenvalue weighted by Crippen LogP contribution is -2.49. The topological polar surface area (TPSA) is 66.8 Å². The summed E-state index contributed by atoms with van der Waals surface area (Å²) in [5.74, 6) is 1.69. The molecule has 0 aliphatic carbocycles. The average Bonchev–Trinajstić information content (AvgIpc) is 3.43. The molecule has 1 saturated heterocycles. The maximum atomic E-state index is 14.3. The number of ether oxygens (including phenoxy) is 3. The van der Waals surface area contributed by atoms with Gasteiger partial charge < -0.3 is 19.1 Å². The summed E-state index contributed by atoms with van der Waals surface area (Å²) in [4.78, 5) is 17.9. The van der Waals surface area contributed by atoms with Gasteiger partial charge in [-0.15, -0.1) is 0 Å². The molecule has 0 spiro atoms. The van der Waals surface area contributed by atoms with Crippen LogP contribution in [0.25, 0.3) is 0 Å². The Labute approximate surface area is 228 Å². The number of methoxy groups -OCH3 is 3. The summed E-state index contributed by atoms with van der Waals surface area (Å²) < 4.78 is 31.0. The zero-order valence-electron chi connectivity index (χ0n) is 22.5. The summed E-state index contributed by atoms with van der Waals surface area (Å²) in [6, 6.07) is 19.7. The second kappa shape index (κ2) is 11.7. The fraction of sp³-hybridized carbons (Fsp3) is 0.333. The molecule has 5 rings (SSSR count). The number of amides is 1. The van der Waals surface area contributed by atoms with Crippen molar-refractivity contribution in [2.75, 3.05) is 59.0 Å². The van der Waals surface area contributed by atoms with Crippen LogP contribution in [0, 0.1) is 5.82 Å². The van der Waals surface area contributed by atoms with Crippen LogP contribution in [0.4, 0.5) is 10.1 Å². The number of nitrogens with zero attached hydrogens (tertiary/aromatic N) is 4. The molecule has 1 fully saturated rings. The van der Waals surface area contributed by atoms with E-state index in [0.29, 0.717) is 55.5 Å². The van der Waals surface area contributed by atoms with Crippen LogP contribution < -0.4 is 19.1 Å². The normalized spacial score (nSPS) is 17.6. The zero-order valence-corrected chi connectivity index (χ0v) is 22.5. The largest absolute Gasteiger partial charge is 0.497 e. The number of anilines is 1. The smallest absolute Gasteiger partial charge is 0.257 e. The Morgan fingerprint density at radius 2 is 1.62 bits per heavy atom. The van der Waals surface area contributed by atoms with E-state index >= 15 is 0 Å². The molecule has 39 heavy (non-hydrogen) atoms. The van der Waals surface area contributed by atoms with Gasteiger partial charge in [-0.25, -0.2) is 9.40 Å². The first-order valence-corrected chi connectivity index (χ1v) is 13.0. The fourth-order valence-electron chi connectivity index (χ4n) is 5.25. The predicted molar refractivity (Wildman–Crippen MR) is 148 cm³/mol. The minimum Gasteiger partial charge on any atom is -0.497 e. The van der Waals surface area contributed by atoms with Crippen LogP contribution >= 0.6 is 0 Å². The molecule has 2 aliphatic rings. The summed E-state index contributed by atoms with van der Waals surface area (Å²) >= 11 is 0. The van der Waals surface area contributed by atoms with Crippen molar-refractivity contribution in [2.45, 2.75) is 12.5 Å². The highest BCUT2D eigenvalue weighted by molar-refractivity contribution is 6.05. The van der Waals surface area contributed by atoms with Crippen molar-refractivity contribution < 1.29 is 23.4 Å². The maximum absolute atomic E-state index is 14.3. The van der Waals surface area contributed by atoms with E-state index < -0.39 is 0 Å². The predicted octanol–water partition coefficient (Wildman–Crippen LogP) is 4.35. The second-order valence-corrected chi connectivity index (χ2v) is 9.53. The summed E-state index contributed by atoms with van der Waals surface area (Å²) in [5.41, 5.74) is 3.03. The van der Waals surface area contributed by atoms with Crippen LogP contribution in [-0.4, -0.2) is 75.6 Å². The lowest BCUT2D eigenvalue weighted by Gasteiger charge is -2.36. The van der Waals surface area contributed by atoms with Gasteiger partial charge in [0.15, 0.2) is 0 Å². The van der Waals surface area contributed by atoms with Gasteiger partial charge in [-0.3, -0.25) is 9.69 Å². The van der Waals surface area contributed by atoms with E-state index in [0.717, 1.165) is 16.8 Å². The molecular formula is C30H33FN4O4. The molecule has 9 heteroatoms. The number of para-hydroxylation sites is 2. The van der Waals surface area contributed by atoms with E-state index in [2.05, 4.69) is 4.90 Å². The van der Waals surface area contributed by atoms with E-state index in [1.165, 1.54) is 6.07 Å². The van der Waals surface area contributed by atoms with Crippen LogP contribution in [0.2, 0.25) is 0 Å². The molecule has 8 nitrogen and oxygen atoms in total. The number of hydrogen-bond acceptors (Lipinski definition) is 7. The molecule has 3 aromatic rings. The molecule has 0 bridgehead atoms. The Balaban J connectivity index is 1.39. The van der Waals surface area contributed by atoms with E-state index in [9.17, 15) is 9.18 Å². The van der Waals surface area contributed by atoms with Gasteiger partial charge in [-0.2, -0.15) is 5.10 Å². The van der Waals surface area contributed by atoms with E-state index in [-0.39, 0.29) is 24.3 Å². The molecule has 2 aliphatic heterocycles. The van der Waals surface area contributed by atoms with Gasteiger partial charge in [0.05, 0.1) is 45.3 Å². The first kappa shape index (κ1) is 26.5. The van der Waals surface area contributed by atoms with Crippen molar-refractivity contribution in [3.05, 3.63) is 83.7 Å². The van der Waals surface area contributed by atoms with Crippen molar-refractivity contribution in [3.8, 4) is 17.2 Å². The Morgan fingerprint density at radius 3 is 2.33 bits per heavy atom. The fourth-order valence-corrected chi connectivity index (χ4v) is 5.25. The molecule has 1 atom stereocenters. The molecule has 0 saturated carbocycles. The standard InChI is InChI=1S/C30H33FN4O4/c1-37-21-12-13-29(39-3)23(18-21)27-19-25(22-8-4-7-11-28(22)38-2)32-35(27)30(36)20-33-14-16-34(17-15-33)26-10-6-5-9-24(26)31/h4-13,18,27H,14-17,19-20H2,1-3H3/t27-/m1/s1. The molecular weight excluding hydrogens is 499 g/mol. The average molecular weight is 533 g/mol. The highest BCUT2D eigenvalue weighted by Crippen LogP contribution is 2.40. The molecule has 0 radical (unpaired) electrons. The van der Waals surface area contributed by atoms with Crippen LogP contribution in [0.3, 0.4) is 0 Å². The van der Waals surface area contributed by atoms with E-state index in [1.807, 2.05) is 53.4 Å². The molecule has 0 N–H and O–H groups in total. The van der Waals surface area contributed by atoms with E-state index in [1.54, 1.807) is 38.5 Å². The monoisotopic (exact) mass is 532 g/mol. The SMILES string of the molecule is COc1ccc(OC)c([C@H]2CC(c3ccccc3OC)=NN2C(=O)CN2CCN(c3ccccc3F)CC2)c1. The Bertz CT molecular complexity index is 1360. The van der Waals surface area contributed by atoms with Gasteiger partial charge in [0.2, 0.25) is 0 Å². The number of carbonyl (C=O) groups excluding carboxylic acids is 1. The van der Waals surface area contributed by atoms with Crippen molar-refractivity contribution in [2.24, 2.45) is 5.10 Å². The van der Waals surface area contributed by atoms with Crippen molar-refractivity contribution >= 4 is 17.3 Å². The third-order valence-corrected chi connectivity index (χ3v) is 7.30. The van der Waals surface area contributed by atoms with Crippen LogP contribution in [0.5, 0.6) is 17.2 Å². The number of benzene rings is 3. The Hall–Kier alpha value is -4.11. The molecule has 0 aromatic heterocycles. The van der Waals surface area contributed by atoms with E-state index in [4.69, 9.17) is 19.3 Å². The Kier molecular flexibility index (Phi) is 7.97. The highest BCUT2D eigenvalue weighted by Gasteiger charge is 2.36. The molecule has 204 valence electrons. The maximum Gasteiger partial charge on any atom is 0.257 e. The van der Waals surface area contributed by atoms with Crippen LogP contribution in [-0.2, 0) is 4.79 Å². The lowest BCUT2D eigenvalue weighted by molar-refractivity contribution is -0.134. The summed E-state index contributed by atoms with van der Waals surface area (Å²) in [6.07, 6.45) is 0.497.